The molecule has 0 saturated carbocycles. The van der Waals surface area contributed by atoms with Crippen LogP contribution in [-0.2, 0) is 15.6 Å². The van der Waals surface area contributed by atoms with Crippen LogP contribution in [-0.4, -0.2) is 31.0 Å². The maximum atomic E-state index is 12.7. The van der Waals surface area contributed by atoms with Crippen LogP contribution in [0.3, 0.4) is 0 Å². The Bertz CT molecular complexity index is 796. The number of aromatic nitrogens is 1. The highest BCUT2D eigenvalue weighted by atomic mass is 32.1. The van der Waals surface area contributed by atoms with Crippen molar-refractivity contribution in [2.75, 3.05) is 0 Å². The van der Waals surface area contributed by atoms with Crippen molar-refractivity contribution in [3.63, 3.8) is 0 Å². The van der Waals surface area contributed by atoms with Crippen molar-refractivity contribution < 1.29 is 14.0 Å². The number of nitrogens with zero attached hydrogens (tertiary/aromatic N) is 1. The molecule has 2 atom stereocenters. The van der Waals surface area contributed by atoms with Gasteiger partial charge in [-0.3, -0.25) is 0 Å². The predicted molar refractivity (Wildman–Crippen MR) is 126 cm³/mol. The van der Waals surface area contributed by atoms with Crippen molar-refractivity contribution in [3.05, 3.63) is 52.5 Å². The molecule has 0 fully saturated rings. The van der Waals surface area contributed by atoms with Gasteiger partial charge in [-0.2, -0.15) is 0 Å². The summed E-state index contributed by atoms with van der Waals surface area (Å²) in [6.45, 7) is 16.7. The average Bonchev–Trinajstić information content (AvgIpc) is 3.11. The number of carbonyl (C=O) groups is 1. The van der Waals surface area contributed by atoms with E-state index in [1.807, 2.05) is 44.4 Å². The van der Waals surface area contributed by atoms with Crippen LogP contribution >= 0.6 is 11.3 Å². The van der Waals surface area contributed by atoms with Gasteiger partial charge in [0.25, 0.3) is 0 Å². The lowest BCUT2D eigenvalue weighted by molar-refractivity contribution is 0.0432. The Hall–Kier alpha value is -1.70. The maximum absolute atomic E-state index is 12.7. The summed E-state index contributed by atoms with van der Waals surface area (Å²) in [6.07, 6.45) is 1.62. The first-order chi connectivity index (χ1) is 13.8. The minimum absolute atomic E-state index is 0.0335. The summed E-state index contributed by atoms with van der Waals surface area (Å²) in [7, 11) is -2.13. The number of ether oxygens (including phenoxy) is 1. The second-order valence-electron chi connectivity index (χ2n) is 10.1. The van der Waals surface area contributed by atoms with Gasteiger partial charge in [0, 0.05) is 11.6 Å². The van der Waals surface area contributed by atoms with Gasteiger partial charge >= 0.3 is 6.09 Å². The summed E-state index contributed by atoms with van der Waals surface area (Å²) >= 11 is 1.56. The second kappa shape index (κ2) is 9.62. The summed E-state index contributed by atoms with van der Waals surface area (Å²) in [5, 5.41) is 5.94. The topological polar surface area (TPSA) is 60.5 Å². The molecule has 0 bridgehead atoms. The molecule has 30 heavy (non-hydrogen) atoms. The third kappa shape index (κ3) is 7.21. The van der Waals surface area contributed by atoms with Crippen LogP contribution in [0.5, 0.6) is 0 Å². The number of nitrogens with one attached hydrogen (secondary N) is 1. The molecule has 0 unspecified atom stereocenters. The van der Waals surface area contributed by atoms with Crippen molar-refractivity contribution in [1.82, 2.24) is 10.3 Å². The third-order valence-corrected chi connectivity index (χ3v) is 10.6. The second-order valence-corrected chi connectivity index (χ2v) is 15.8. The Labute approximate surface area is 186 Å². The highest BCUT2D eigenvalue weighted by Gasteiger charge is 2.42. The Morgan fingerprint density at radius 1 is 1.13 bits per heavy atom. The standard InChI is InChI=1S/C23H36N2O3SSi/c1-22(2,3)27-21(26)25-18(16-17-12-10-9-11-13-17)19(20-24-14-15-29-20)28-30(7,8)23(4,5)6/h9-15,18-19H,16H2,1-8H3,(H,25,26)/t18-,19-/m0/s1. The summed E-state index contributed by atoms with van der Waals surface area (Å²) < 4.78 is 12.4. The highest BCUT2D eigenvalue weighted by molar-refractivity contribution is 7.09. The zero-order valence-electron chi connectivity index (χ0n) is 19.5. The van der Waals surface area contributed by atoms with Gasteiger partial charge in [-0.05, 0) is 50.9 Å². The van der Waals surface area contributed by atoms with Gasteiger partial charge in [0.05, 0.1) is 6.04 Å². The van der Waals surface area contributed by atoms with Crippen molar-refractivity contribution in [2.24, 2.45) is 0 Å². The number of benzene rings is 1. The summed E-state index contributed by atoms with van der Waals surface area (Å²) in [5.41, 5.74) is 0.553. The summed E-state index contributed by atoms with van der Waals surface area (Å²) in [5.74, 6) is 0. The van der Waals surface area contributed by atoms with Crippen LogP contribution in [0.1, 0.15) is 58.2 Å². The molecule has 166 valence electrons. The van der Waals surface area contributed by atoms with Crippen LogP contribution in [0, 0.1) is 0 Å². The molecular weight excluding hydrogens is 412 g/mol. The van der Waals surface area contributed by atoms with Crippen molar-refractivity contribution in [1.29, 1.82) is 0 Å². The Balaban J connectivity index is 2.39. The van der Waals surface area contributed by atoms with E-state index in [-0.39, 0.29) is 17.2 Å². The van der Waals surface area contributed by atoms with Gasteiger partial charge in [-0.25, -0.2) is 9.78 Å². The van der Waals surface area contributed by atoms with Crippen LogP contribution in [0.25, 0.3) is 0 Å². The molecule has 1 N–H and O–H groups in total. The molecule has 0 aliphatic heterocycles. The van der Waals surface area contributed by atoms with E-state index in [2.05, 4.69) is 56.3 Å². The van der Waals surface area contributed by atoms with E-state index in [0.29, 0.717) is 6.42 Å². The van der Waals surface area contributed by atoms with Crippen LogP contribution in [0.4, 0.5) is 4.79 Å². The van der Waals surface area contributed by atoms with Crippen molar-refractivity contribution in [3.8, 4) is 0 Å². The van der Waals surface area contributed by atoms with E-state index in [1.165, 1.54) is 0 Å². The number of hydrogen-bond acceptors (Lipinski definition) is 5. The van der Waals surface area contributed by atoms with Gasteiger partial charge in [-0.15, -0.1) is 11.3 Å². The first kappa shape index (κ1) is 24.6. The molecule has 5 nitrogen and oxygen atoms in total. The minimum atomic E-state index is -2.13. The van der Waals surface area contributed by atoms with E-state index in [9.17, 15) is 4.79 Å². The first-order valence-corrected chi connectivity index (χ1v) is 14.2. The zero-order chi connectivity index (χ0) is 22.6. The number of rotatable bonds is 7. The van der Waals surface area contributed by atoms with Gasteiger partial charge in [0.15, 0.2) is 8.32 Å². The monoisotopic (exact) mass is 448 g/mol. The van der Waals surface area contributed by atoms with E-state index in [4.69, 9.17) is 9.16 Å². The van der Waals surface area contributed by atoms with E-state index in [1.54, 1.807) is 17.5 Å². The Morgan fingerprint density at radius 2 is 1.77 bits per heavy atom. The van der Waals surface area contributed by atoms with E-state index < -0.39 is 20.0 Å². The van der Waals surface area contributed by atoms with Gasteiger partial charge in [0.1, 0.15) is 16.7 Å². The number of thiazole rings is 1. The number of alkyl carbamates (subject to hydrolysis) is 1. The fraction of sp³-hybridized carbons (Fsp3) is 0.565. The summed E-state index contributed by atoms with van der Waals surface area (Å²) in [4.78, 5) is 17.3. The average molecular weight is 449 g/mol. The maximum Gasteiger partial charge on any atom is 0.407 e. The van der Waals surface area contributed by atoms with Crippen LogP contribution in [0.2, 0.25) is 18.1 Å². The van der Waals surface area contributed by atoms with Crippen LogP contribution < -0.4 is 5.32 Å². The molecule has 1 amide bonds. The molecule has 2 aromatic rings. The lowest BCUT2D eigenvalue weighted by atomic mass is 10.0. The SMILES string of the molecule is CC(C)(C)OC(=O)N[C@@H](Cc1ccccc1)[C@H](O[Si](C)(C)C(C)(C)C)c1nccs1. The van der Waals surface area contributed by atoms with E-state index >= 15 is 0 Å². The lowest BCUT2D eigenvalue weighted by Gasteiger charge is -2.41. The van der Waals surface area contributed by atoms with Gasteiger partial charge in [0.2, 0.25) is 0 Å². The van der Waals surface area contributed by atoms with E-state index in [0.717, 1.165) is 10.6 Å². The van der Waals surface area contributed by atoms with Crippen molar-refractivity contribution >= 4 is 25.7 Å². The lowest BCUT2D eigenvalue weighted by Crippen LogP contribution is -2.49. The Kier molecular flexibility index (Phi) is 7.88. The smallest absolute Gasteiger partial charge is 0.407 e. The molecule has 0 radical (unpaired) electrons. The number of carbonyl (C=O) groups excluding carboxylic acids is 1. The molecule has 0 aliphatic rings. The third-order valence-electron chi connectivity index (χ3n) is 5.29. The largest absolute Gasteiger partial charge is 0.444 e. The molecule has 2 rings (SSSR count). The molecule has 0 aliphatic carbocycles. The van der Waals surface area contributed by atoms with Gasteiger partial charge < -0.3 is 14.5 Å². The molecule has 1 aromatic carbocycles. The molecule has 0 saturated heterocycles. The molecule has 1 aromatic heterocycles. The highest BCUT2D eigenvalue weighted by Crippen LogP contribution is 2.41. The fourth-order valence-corrected chi connectivity index (χ4v) is 4.81. The molecular formula is C23H36N2O3SSi. The number of hydrogen-bond donors (Lipinski definition) is 1. The normalized spacial score (nSPS) is 14.8. The quantitative estimate of drug-likeness (QED) is 0.502. The molecule has 0 spiro atoms. The van der Waals surface area contributed by atoms with Crippen LogP contribution in [0.15, 0.2) is 41.9 Å². The minimum Gasteiger partial charge on any atom is -0.444 e. The zero-order valence-corrected chi connectivity index (χ0v) is 21.3. The fourth-order valence-electron chi connectivity index (χ4n) is 2.73. The Morgan fingerprint density at radius 3 is 2.27 bits per heavy atom. The first-order valence-electron chi connectivity index (χ1n) is 10.4. The predicted octanol–water partition coefficient (Wildman–Crippen LogP) is 6.34. The summed E-state index contributed by atoms with van der Waals surface area (Å²) in [6, 6.07) is 9.83. The van der Waals surface area contributed by atoms with Gasteiger partial charge in [-0.1, -0.05) is 51.1 Å². The number of amides is 1. The molecule has 7 heteroatoms. The molecule has 1 heterocycles. The van der Waals surface area contributed by atoms with Crippen molar-refractivity contribution in [2.45, 2.75) is 83.8 Å².